The summed E-state index contributed by atoms with van der Waals surface area (Å²) in [6.45, 7) is 3.05. The summed E-state index contributed by atoms with van der Waals surface area (Å²) in [7, 11) is 1.19. The van der Waals surface area contributed by atoms with Crippen molar-refractivity contribution in [3.63, 3.8) is 0 Å². The molecule has 0 saturated carbocycles. The van der Waals surface area contributed by atoms with Gasteiger partial charge < -0.3 is 4.74 Å². The lowest BCUT2D eigenvalue weighted by Crippen LogP contribution is -2.14. The monoisotopic (exact) mass is 371 g/mol. The van der Waals surface area contributed by atoms with Crippen LogP contribution in [0.2, 0.25) is 0 Å². The summed E-state index contributed by atoms with van der Waals surface area (Å²) in [5, 5.41) is 3.94. The van der Waals surface area contributed by atoms with Gasteiger partial charge >= 0.3 is 6.18 Å². The number of hydrogen-bond acceptors (Lipinski definition) is 3. The fourth-order valence-corrected chi connectivity index (χ4v) is 2.79. The van der Waals surface area contributed by atoms with Crippen LogP contribution in [-0.4, -0.2) is 21.7 Å². The largest absolute Gasteiger partial charge is 0.494 e. The van der Waals surface area contributed by atoms with Gasteiger partial charge in [0, 0.05) is 11.3 Å². The molecule has 0 fully saturated rings. The van der Waals surface area contributed by atoms with E-state index in [2.05, 4.69) is 10.1 Å². The molecule has 0 bridgehead atoms. The van der Waals surface area contributed by atoms with E-state index in [0.717, 1.165) is 6.07 Å². The molecule has 0 amide bonds. The lowest BCUT2D eigenvalue weighted by molar-refractivity contribution is -0.142. The van der Waals surface area contributed by atoms with Crippen LogP contribution in [0.25, 0.3) is 16.8 Å². The minimum Gasteiger partial charge on any atom is -0.494 e. The summed E-state index contributed by atoms with van der Waals surface area (Å²) < 4.78 is 74.1. The summed E-state index contributed by atoms with van der Waals surface area (Å²) >= 11 is 0. The average Bonchev–Trinajstić information content (AvgIpc) is 2.93. The topological polar surface area (TPSA) is 39.4 Å². The fourth-order valence-electron chi connectivity index (χ4n) is 2.79. The molecule has 1 aromatic carbocycles. The summed E-state index contributed by atoms with van der Waals surface area (Å²) in [6.07, 6.45) is -4.47. The first-order chi connectivity index (χ1) is 12.2. The van der Waals surface area contributed by atoms with Gasteiger partial charge in [-0.05, 0) is 31.5 Å². The zero-order valence-corrected chi connectivity index (χ0v) is 14.1. The van der Waals surface area contributed by atoms with Crippen molar-refractivity contribution in [1.82, 2.24) is 14.6 Å². The third-order valence-corrected chi connectivity index (χ3v) is 3.95. The molecule has 26 heavy (non-hydrogen) atoms. The van der Waals surface area contributed by atoms with E-state index in [-0.39, 0.29) is 40.3 Å². The van der Waals surface area contributed by atoms with Gasteiger partial charge in [0.25, 0.3) is 0 Å². The Labute approximate surface area is 145 Å². The molecule has 0 aliphatic carbocycles. The van der Waals surface area contributed by atoms with Crippen molar-refractivity contribution in [3.05, 3.63) is 46.9 Å². The van der Waals surface area contributed by atoms with E-state index in [1.54, 1.807) is 6.92 Å². The predicted octanol–water partition coefficient (Wildman–Crippen LogP) is 4.57. The standard InChI is InChI=1S/C17H14F5N3O/c1-4-10-13(9-5-6-11(26-3)15(19)14(9)18)16-23-8(2)7-12(17(20,21)22)25(16)24-10/h5-7H,4H2,1-3H3. The Morgan fingerprint density at radius 2 is 1.85 bits per heavy atom. The smallest absolute Gasteiger partial charge is 0.433 e. The van der Waals surface area contributed by atoms with E-state index >= 15 is 0 Å². The Hall–Kier alpha value is -2.71. The number of methoxy groups -OCH3 is 1. The van der Waals surface area contributed by atoms with Gasteiger partial charge in [-0.2, -0.15) is 22.7 Å². The molecule has 0 saturated heterocycles. The van der Waals surface area contributed by atoms with Gasteiger partial charge in [-0.1, -0.05) is 6.92 Å². The minimum absolute atomic E-state index is 0.0285. The molecular formula is C17H14F5N3O. The fraction of sp³-hybridized carbons (Fsp3) is 0.294. The lowest BCUT2D eigenvalue weighted by atomic mass is 10.0. The molecule has 2 aromatic heterocycles. The third-order valence-electron chi connectivity index (χ3n) is 3.95. The van der Waals surface area contributed by atoms with Gasteiger partial charge in [0.1, 0.15) is 5.69 Å². The highest BCUT2D eigenvalue weighted by atomic mass is 19.4. The number of aryl methyl sites for hydroxylation is 2. The van der Waals surface area contributed by atoms with Crippen LogP contribution in [0.5, 0.6) is 5.75 Å². The molecule has 0 unspecified atom stereocenters. The predicted molar refractivity (Wildman–Crippen MR) is 84.0 cm³/mol. The van der Waals surface area contributed by atoms with Crippen LogP contribution in [0.15, 0.2) is 18.2 Å². The van der Waals surface area contributed by atoms with Crippen molar-refractivity contribution in [2.45, 2.75) is 26.4 Å². The first-order valence-electron chi connectivity index (χ1n) is 7.67. The third kappa shape index (κ3) is 2.77. The van der Waals surface area contributed by atoms with Crippen molar-refractivity contribution in [3.8, 4) is 16.9 Å². The van der Waals surface area contributed by atoms with Crippen molar-refractivity contribution < 1.29 is 26.7 Å². The number of rotatable bonds is 3. The molecule has 2 heterocycles. The second-order valence-electron chi connectivity index (χ2n) is 5.63. The molecule has 0 N–H and O–H groups in total. The Morgan fingerprint density at radius 1 is 1.15 bits per heavy atom. The number of hydrogen-bond donors (Lipinski definition) is 0. The zero-order valence-electron chi connectivity index (χ0n) is 14.1. The highest BCUT2D eigenvalue weighted by Gasteiger charge is 2.36. The van der Waals surface area contributed by atoms with Gasteiger partial charge in [-0.3, -0.25) is 0 Å². The number of ether oxygens (including phenoxy) is 1. The van der Waals surface area contributed by atoms with E-state index in [1.165, 1.54) is 26.2 Å². The van der Waals surface area contributed by atoms with Gasteiger partial charge in [0.15, 0.2) is 17.2 Å². The number of halogens is 5. The molecule has 9 heteroatoms. The summed E-state index contributed by atoms with van der Waals surface area (Å²) in [5.41, 5.74) is -1.14. The Morgan fingerprint density at radius 3 is 2.42 bits per heavy atom. The molecule has 0 radical (unpaired) electrons. The van der Waals surface area contributed by atoms with Crippen LogP contribution >= 0.6 is 0 Å². The second kappa shape index (κ2) is 6.22. The van der Waals surface area contributed by atoms with Crippen molar-refractivity contribution in [1.29, 1.82) is 0 Å². The lowest BCUT2D eigenvalue weighted by Gasteiger charge is -2.10. The molecule has 0 atom stereocenters. The number of aromatic nitrogens is 3. The minimum atomic E-state index is -4.68. The summed E-state index contributed by atoms with van der Waals surface area (Å²) in [6, 6.07) is 3.30. The van der Waals surface area contributed by atoms with Crippen LogP contribution in [0.3, 0.4) is 0 Å². The van der Waals surface area contributed by atoms with Crippen LogP contribution in [0, 0.1) is 18.6 Å². The molecular weight excluding hydrogens is 357 g/mol. The van der Waals surface area contributed by atoms with Gasteiger partial charge in [0.2, 0.25) is 5.82 Å². The van der Waals surface area contributed by atoms with Gasteiger partial charge in [-0.15, -0.1) is 0 Å². The van der Waals surface area contributed by atoms with Crippen molar-refractivity contribution >= 4 is 5.65 Å². The SMILES string of the molecule is CCc1nn2c(C(F)(F)F)cc(C)nc2c1-c1ccc(OC)c(F)c1F. The van der Waals surface area contributed by atoms with E-state index in [0.29, 0.717) is 4.52 Å². The molecule has 3 rings (SSSR count). The molecule has 138 valence electrons. The maximum atomic E-state index is 14.5. The maximum absolute atomic E-state index is 14.5. The number of fused-ring (bicyclic) bond motifs is 1. The quantitative estimate of drug-likeness (QED) is 0.633. The molecule has 0 spiro atoms. The van der Waals surface area contributed by atoms with E-state index in [1.807, 2.05) is 0 Å². The normalized spacial score (nSPS) is 12.0. The van der Waals surface area contributed by atoms with Crippen LogP contribution in [-0.2, 0) is 12.6 Å². The van der Waals surface area contributed by atoms with Crippen LogP contribution < -0.4 is 4.74 Å². The highest BCUT2D eigenvalue weighted by molar-refractivity contribution is 5.81. The second-order valence-corrected chi connectivity index (χ2v) is 5.63. The van der Waals surface area contributed by atoms with E-state index in [9.17, 15) is 22.0 Å². The molecule has 4 nitrogen and oxygen atoms in total. The Kier molecular flexibility index (Phi) is 4.33. The Balaban J connectivity index is 2.41. The summed E-state index contributed by atoms with van der Waals surface area (Å²) in [5.74, 6) is -2.76. The van der Waals surface area contributed by atoms with Crippen LogP contribution in [0.4, 0.5) is 22.0 Å². The molecule has 0 aliphatic rings. The molecule has 0 aliphatic heterocycles. The number of benzene rings is 1. The molecule has 3 aromatic rings. The number of nitrogens with zero attached hydrogens (tertiary/aromatic N) is 3. The zero-order chi connectivity index (χ0) is 19.2. The Bertz CT molecular complexity index is 994. The maximum Gasteiger partial charge on any atom is 0.433 e. The van der Waals surface area contributed by atoms with Crippen LogP contribution in [0.1, 0.15) is 24.0 Å². The first kappa shape index (κ1) is 18.1. The van der Waals surface area contributed by atoms with Gasteiger partial charge in [0.05, 0.1) is 18.4 Å². The van der Waals surface area contributed by atoms with E-state index in [4.69, 9.17) is 4.74 Å². The van der Waals surface area contributed by atoms with E-state index < -0.39 is 23.5 Å². The van der Waals surface area contributed by atoms with Crippen molar-refractivity contribution in [2.75, 3.05) is 7.11 Å². The van der Waals surface area contributed by atoms with Crippen molar-refractivity contribution in [2.24, 2.45) is 0 Å². The highest BCUT2D eigenvalue weighted by Crippen LogP contribution is 2.37. The average molecular weight is 371 g/mol. The first-order valence-corrected chi connectivity index (χ1v) is 7.67. The summed E-state index contributed by atoms with van der Waals surface area (Å²) in [4.78, 5) is 4.09. The van der Waals surface area contributed by atoms with Gasteiger partial charge in [-0.25, -0.2) is 13.9 Å². The number of alkyl halides is 3.